The Morgan fingerprint density at radius 1 is 1.25 bits per heavy atom. The van der Waals surface area contributed by atoms with Crippen LogP contribution in [0.3, 0.4) is 0 Å². The molecule has 7 heteroatoms. The van der Waals surface area contributed by atoms with E-state index in [-0.39, 0.29) is 28.4 Å². The summed E-state index contributed by atoms with van der Waals surface area (Å²) in [6, 6.07) is 9.01. The summed E-state index contributed by atoms with van der Waals surface area (Å²) in [5.41, 5.74) is 0.799. The molecule has 5 nitrogen and oxygen atoms in total. The van der Waals surface area contributed by atoms with E-state index >= 15 is 0 Å². The molecule has 0 saturated carbocycles. The van der Waals surface area contributed by atoms with Crippen molar-refractivity contribution >= 4 is 33.1 Å². The summed E-state index contributed by atoms with van der Waals surface area (Å²) in [4.78, 5) is 27.3. The third-order valence-corrected chi connectivity index (χ3v) is 5.09. The zero-order valence-corrected chi connectivity index (χ0v) is 15.3. The van der Waals surface area contributed by atoms with Crippen LogP contribution in [0.2, 0.25) is 0 Å². The van der Waals surface area contributed by atoms with Crippen molar-refractivity contribution in [2.45, 2.75) is 6.92 Å². The summed E-state index contributed by atoms with van der Waals surface area (Å²) < 4.78 is 1.42. The molecule has 123 valence electrons. The van der Waals surface area contributed by atoms with E-state index in [1.54, 1.807) is 26.2 Å². The van der Waals surface area contributed by atoms with Crippen molar-refractivity contribution < 1.29 is 27.0 Å². The number of rotatable bonds is 2. The molecule has 0 atom stereocenters. The number of para-hydroxylation sites is 1. The second-order valence-corrected chi connectivity index (χ2v) is 6.24. The maximum atomic E-state index is 12.8. The average Bonchev–Trinajstić information content (AvgIpc) is 2.95. The molecule has 0 bridgehead atoms. The number of carbonyl (C=O) groups excluding carboxylic acids is 1. The Morgan fingerprint density at radius 3 is 2.50 bits per heavy atom. The van der Waals surface area contributed by atoms with Gasteiger partial charge in [0.15, 0.2) is 0 Å². The van der Waals surface area contributed by atoms with Gasteiger partial charge in [-0.1, -0.05) is 18.2 Å². The predicted octanol–water partition coefficient (Wildman–Crippen LogP) is 2.89. The molecule has 0 aliphatic rings. The van der Waals surface area contributed by atoms with Gasteiger partial charge in [-0.25, -0.2) is 0 Å². The molecule has 0 spiro atoms. The molecular weight excluding hydrogens is 368 g/mol. The normalized spacial score (nSPS) is 10.5. The molecule has 24 heavy (non-hydrogen) atoms. The van der Waals surface area contributed by atoms with Crippen molar-refractivity contribution in [3.05, 3.63) is 57.2 Å². The number of thiophene rings is 1. The zero-order chi connectivity index (χ0) is 16.7. The Kier molecular flexibility index (Phi) is 5.18. The fourth-order valence-corrected chi connectivity index (χ4v) is 3.60. The number of carbonyl (C=O) groups is 1. The van der Waals surface area contributed by atoms with Crippen LogP contribution in [0, 0.1) is 6.92 Å². The predicted molar refractivity (Wildman–Crippen MR) is 92.6 cm³/mol. The van der Waals surface area contributed by atoms with Crippen LogP contribution in [0.4, 0.5) is 5.69 Å². The Morgan fingerprint density at radius 2 is 1.88 bits per heavy atom. The number of pyridine rings is 1. The minimum absolute atomic E-state index is 0. The van der Waals surface area contributed by atoms with Crippen LogP contribution in [-0.4, -0.2) is 22.6 Å². The van der Waals surface area contributed by atoms with Gasteiger partial charge in [-0.15, -0.1) is 11.3 Å². The average molecular weight is 384 g/mol. The summed E-state index contributed by atoms with van der Waals surface area (Å²) in [5.74, 6) is -0.767. The first-order valence-corrected chi connectivity index (χ1v) is 7.94. The van der Waals surface area contributed by atoms with E-state index in [0.29, 0.717) is 15.9 Å². The smallest absolute Gasteiger partial charge is 0.506 e. The van der Waals surface area contributed by atoms with Crippen molar-refractivity contribution in [3.63, 3.8) is 0 Å². The van der Waals surface area contributed by atoms with Crippen LogP contribution in [0.25, 0.3) is 10.2 Å². The number of aromatic nitrogens is 1. The van der Waals surface area contributed by atoms with Gasteiger partial charge in [0.1, 0.15) is 16.1 Å². The largest absolute Gasteiger partial charge is 3.00 e. The van der Waals surface area contributed by atoms with E-state index in [4.69, 9.17) is 0 Å². The van der Waals surface area contributed by atoms with Crippen LogP contribution in [0.5, 0.6) is 5.75 Å². The molecular formula is C17H16FeN2O3S+3. The minimum Gasteiger partial charge on any atom is -0.506 e. The summed E-state index contributed by atoms with van der Waals surface area (Å²) >= 11 is 1.37. The second kappa shape index (κ2) is 6.81. The molecule has 1 amide bonds. The monoisotopic (exact) mass is 384 g/mol. The summed E-state index contributed by atoms with van der Waals surface area (Å²) in [6.07, 6.45) is 0. The SMILES string of the molecule is Cc1csc2c1c(O)c(C(=O)N(C)c1ccccc1)c(=O)n2C.[Fe+3]. The van der Waals surface area contributed by atoms with Gasteiger partial charge < -0.3 is 14.6 Å². The zero-order valence-electron chi connectivity index (χ0n) is 13.4. The molecule has 0 aliphatic carbocycles. The number of aromatic hydroxyl groups is 1. The van der Waals surface area contributed by atoms with Crippen molar-refractivity contribution in [2.24, 2.45) is 7.05 Å². The first-order valence-electron chi connectivity index (χ1n) is 7.06. The third-order valence-electron chi connectivity index (χ3n) is 3.91. The fraction of sp³-hybridized carbons (Fsp3) is 0.176. The Bertz CT molecular complexity index is 963. The van der Waals surface area contributed by atoms with Crippen LogP contribution in [0.1, 0.15) is 15.9 Å². The maximum absolute atomic E-state index is 12.8. The number of aryl methyl sites for hydroxylation is 2. The van der Waals surface area contributed by atoms with Gasteiger partial charge in [0.25, 0.3) is 11.5 Å². The minimum atomic E-state index is -0.526. The maximum Gasteiger partial charge on any atom is 3.00 e. The molecule has 1 aromatic carbocycles. The summed E-state index contributed by atoms with van der Waals surface area (Å²) in [6.45, 7) is 1.85. The van der Waals surface area contributed by atoms with Crippen molar-refractivity contribution in [1.29, 1.82) is 0 Å². The number of nitrogens with zero attached hydrogens (tertiary/aromatic N) is 2. The van der Waals surface area contributed by atoms with Gasteiger partial charge in [-0.05, 0) is 30.0 Å². The van der Waals surface area contributed by atoms with Crippen LogP contribution >= 0.6 is 11.3 Å². The molecule has 0 unspecified atom stereocenters. The molecule has 3 rings (SSSR count). The number of hydrogen-bond donors (Lipinski definition) is 1. The molecule has 2 aromatic heterocycles. The molecule has 0 aliphatic heterocycles. The first kappa shape index (κ1) is 18.3. The van der Waals surface area contributed by atoms with Gasteiger partial charge >= 0.3 is 17.1 Å². The standard InChI is InChI=1S/C17H16N2O3S.Fe/c1-10-9-23-17-12(10)14(20)13(16(22)19(17)3)15(21)18(2)11-7-5-4-6-8-11;/h4-9,20H,1-3H3;/q;+3. The Hall–Kier alpha value is -2.08. The van der Waals surface area contributed by atoms with Crippen LogP contribution < -0.4 is 10.5 Å². The quantitative estimate of drug-likeness (QED) is 0.692. The van der Waals surface area contributed by atoms with Gasteiger partial charge in [0.2, 0.25) is 0 Å². The van der Waals surface area contributed by atoms with E-state index in [0.717, 1.165) is 5.56 Å². The van der Waals surface area contributed by atoms with Crippen molar-refractivity contribution in [2.75, 3.05) is 11.9 Å². The van der Waals surface area contributed by atoms with Crippen LogP contribution in [-0.2, 0) is 24.1 Å². The molecule has 0 fully saturated rings. The van der Waals surface area contributed by atoms with Gasteiger partial charge in [0.05, 0.1) is 5.39 Å². The number of amides is 1. The number of fused-ring (bicyclic) bond motifs is 1. The molecule has 2 heterocycles. The summed E-state index contributed by atoms with van der Waals surface area (Å²) in [7, 11) is 3.20. The number of anilines is 1. The molecule has 1 N–H and O–H groups in total. The number of hydrogen-bond acceptors (Lipinski definition) is 4. The third kappa shape index (κ3) is 2.75. The van der Waals surface area contributed by atoms with Crippen LogP contribution in [0.15, 0.2) is 40.5 Å². The number of benzene rings is 1. The van der Waals surface area contributed by atoms with Gasteiger partial charge in [-0.2, -0.15) is 0 Å². The van der Waals surface area contributed by atoms with Gasteiger partial charge in [0, 0.05) is 19.8 Å². The second-order valence-electron chi connectivity index (χ2n) is 5.39. The fourth-order valence-electron chi connectivity index (χ4n) is 2.58. The molecule has 1 radical (unpaired) electrons. The Balaban J connectivity index is 0.00000208. The molecule has 0 saturated heterocycles. The first-order chi connectivity index (χ1) is 10.9. The molecule has 3 aromatic rings. The van der Waals surface area contributed by atoms with E-state index in [1.807, 2.05) is 30.5 Å². The van der Waals surface area contributed by atoms with E-state index in [9.17, 15) is 14.7 Å². The van der Waals surface area contributed by atoms with E-state index < -0.39 is 11.5 Å². The van der Waals surface area contributed by atoms with Gasteiger partial charge in [-0.3, -0.25) is 9.59 Å². The van der Waals surface area contributed by atoms with Crippen molar-refractivity contribution in [3.8, 4) is 5.75 Å². The topological polar surface area (TPSA) is 62.5 Å². The van der Waals surface area contributed by atoms with E-state index in [1.165, 1.54) is 20.8 Å². The van der Waals surface area contributed by atoms with Crippen molar-refractivity contribution in [1.82, 2.24) is 4.57 Å². The van der Waals surface area contributed by atoms with E-state index in [2.05, 4.69) is 0 Å². The summed E-state index contributed by atoms with van der Waals surface area (Å²) in [5, 5.41) is 13.0. The Labute approximate surface area is 153 Å².